The molecule has 0 saturated heterocycles. The molecule has 22 heavy (non-hydrogen) atoms. The molecule has 1 heterocycles. The molecule has 110 valence electrons. The summed E-state index contributed by atoms with van der Waals surface area (Å²) in [4.78, 5) is 4.39. The van der Waals surface area contributed by atoms with Crippen molar-refractivity contribution in [2.75, 3.05) is 12.5 Å². The van der Waals surface area contributed by atoms with Gasteiger partial charge in [-0.2, -0.15) is 5.10 Å². The number of hydrazone groups is 1. The summed E-state index contributed by atoms with van der Waals surface area (Å²) >= 11 is 3.45. The van der Waals surface area contributed by atoms with E-state index < -0.39 is 0 Å². The van der Waals surface area contributed by atoms with Gasteiger partial charge in [-0.15, -0.1) is 0 Å². The van der Waals surface area contributed by atoms with Crippen LogP contribution in [0.25, 0.3) is 10.9 Å². The van der Waals surface area contributed by atoms with Crippen LogP contribution >= 0.6 is 15.9 Å². The third-order valence-electron chi connectivity index (χ3n) is 3.21. The van der Waals surface area contributed by atoms with Gasteiger partial charge in [-0.25, -0.2) is 0 Å². The Kier molecular flexibility index (Phi) is 4.34. The summed E-state index contributed by atoms with van der Waals surface area (Å²) in [5, 5.41) is 5.37. The Bertz CT molecular complexity index is 828. The molecule has 5 heteroatoms. The number of para-hydroxylation sites is 1. The van der Waals surface area contributed by atoms with E-state index in [4.69, 9.17) is 4.74 Å². The predicted octanol–water partition coefficient (Wildman–Crippen LogP) is 4.45. The number of hydrogen-bond acceptors (Lipinski definition) is 4. The van der Waals surface area contributed by atoms with Crippen LogP contribution in [0.4, 0.5) is 5.69 Å². The van der Waals surface area contributed by atoms with E-state index in [9.17, 15) is 0 Å². The Morgan fingerprint density at radius 2 is 2.05 bits per heavy atom. The minimum absolute atomic E-state index is 0.768. The fourth-order valence-corrected chi connectivity index (χ4v) is 2.55. The van der Waals surface area contributed by atoms with Crippen LogP contribution in [0.5, 0.6) is 5.75 Å². The molecule has 0 unspecified atom stereocenters. The van der Waals surface area contributed by atoms with E-state index in [2.05, 4.69) is 31.4 Å². The second-order valence-electron chi connectivity index (χ2n) is 4.64. The molecule has 0 saturated carbocycles. The minimum atomic E-state index is 0.768. The first kappa shape index (κ1) is 14.5. The summed E-state index contributed by atoms with van der Waals surface area (Å²) in [6, 6.07) is 15.7. The number of methoxy groups -OCH3 is 1. The second kappa shape index (κ2) is 6.58. The largest absolute Gasteiger partial charge is 0.496 e. The fourth-order valence-electron chi connectivity index (χ4n) is 2.17. The molecule has 0 fully saturated rings. The van der Waals surface area contributed by atoms with Gasteiger partial charge >= 0.3 is 0 Å². The summed E-state index contributed by atoms with van der Waals surface area (Å²) in [5.74, 6) is 0.768. The Balaban J connectivity index is 1.86. The first-order valence-corrected chi connectivity index (χ1v) is 7.53. The maximum absolute atomic E-state index is 5.32. The molecule has 1 N–H and O–H groups in total. The van der Waals surface area contributed by atoms with Crippen LogP contribution in [0.2, 0.25) is 0 Å². The monoisotopic (exact) mass is 355 g/mol. The average molecular weight is 356 g/mol. The standard InChI is InChI=1S/C17H14BrN3O/c1-22-16-8-7-14(18)10-13(16)11-20-21-15-6-2-4-12-5-3-9-19-17(12)15/h2-11,21H,1H3. The lowest BCUT2D eigenvalue weighted by atomic mass is 10.2. The molecular weight excluding hydrogens is 342 g/mol. The zero-order chi connectivity index (χ0) is 15.4. The van der Waals surface area contributed by atoms with Crippen molar-refractivity contribution in [1.29, 1.82) is 0 Å². The molecular formula is C17H14BrN3O. The Hall–Kier alpha value is -2.40. The predicted molar refractivity (Wildman–Crippen MR) is 93.7 cm³/mol. The van der Waals surface area contributed by atoms with Gasteiger partial charge in [0.2, 0.25) is 0 Å². The number of nitrogens with one attached hydrogen (secondary N) is 1. The number of anilines is 1. The molecule has 0 aliphatic heterocycles. The highest BCUT2D eigenvalue weighted by Gasteiger charge is 2.02. The third kappa shape index (κ3) is 3.09. The van der Waals surface area contributed by atoms with Crippen LogP contribution in [-0.2, 0) is 0 Å². The summed E-state index contributed by atoms with van der Waals surface area (Å²) in [7, 11) is 1.64. The highest BCUT2D eigenvalue weighted by Crippen LogP contribution is 2.22. The Labute approximate surface area is 137 Å². The van der Waals surface area contributed by atoms with Crippen LogP contribution in [-0.4, -0.2) is 18.3 Å². The highest BCUT2D eigenvalue weighted by molar-refractivity contribution is 9.10. The molecule has 3 rings (SSSR count). The lowest BCUT2D eigenvalue weighted by Gasteiger charge is -2.06. The zero-order valence-corrected chi connectivity index (χ0v) is 13.5. The van der Waals surface area contributed by atoms with Crippen molar-refractivity contribution >= 4 is 38.7 Å². The topological polar surface area (TPSA) is 46.5 Å². The van der Waals surface area contributed by atoms with E-state index in [1.807, 2.05) is 48.5 Å². The number of rotatable bonds is 4. The lowest BCUT2D eigenvalue weighted by Crippen LogP contribution is -1.95. The van der Waals surface area contributed by atoms with Gasteiger partial charge < -0.3 is 4.74 Å². The maximum Gasteiger partial charge on any atom is 0.127 e. The van der Waals surface area contributed by atoms with E-state index in [0.29, 0.717) is 0 Å². The van der Waals surface area contributed by atoms with Crippen molar-refractivity contribution < 1.29 is 4.74 Å². The molecule has 0 radical (unpaired) electrons. The van der Waals surface area contributed by atoms with Gasteiger partial charge in [0, 0.05) is 21.6 Å². The molecule has 3 aromatic rings. The number of hydrogen-bond donors (Lipinski definition) is 1. The fraction of sp³-hybridized carbons (Fsp3) is 0.0588. The van der Waals surface area contributed by atoms with Gasteiger partial charge in [0.25, 0.3) is 0 Å². The molecule has 0 aliphatic carbocycles. The summed E-state index contributed by atoms with van der Waals surface area (Å²) in [6.45, 7) is 0. The van der Waals surface area contributed by atoms with Crippen molar-refractivity contribution in [3.63, 3.8) is 0 Å². The quantitative estimate of drug-likeness (QED) is 0.555. The summed E-state index contributed by atoms with van der Waals surface area (Å²) in [5.41, 5.74) is 5.69. The van der Waals surface area contributed by atoms with E-state index in [1.54, 1.807) is 19.5 Å². The van der Waals surface area contributed by atoms with Crippen LogP contribution in [0, 0.1) is 0 Å². The number of benzene rings is 2. The maximum atomic E-state index is 5.32. The molecule has 0 bridgehead atoms. The van der Waals surface area contributed by atoms with Gasteiger partial charge in [-0.05, 0) is 30.3 Å². The summed E-state index contributed by atoms with van der Waals surface area (Å²) < 4.78 is 6.29. The van der Waals surface area contributed by atoms with Crippen molar-refractivity contribution in [3.05, 3.63) is 64.8 Å². The van der Waals surface area contributed by atoms with Crippen LogP contribution in [0.3, 0.4) is 0 Å². The Morgan fingerprint density at radius 1 is 1.18 bits per heavy atom. The molecule has 1 aromatic heterocycles. The van der Waals surface area contributed by atoms with Crippen LogP contribution in [0.1, 0.15) is 5.56 Å². The second-order valence-corrected chi connectivity index (χ2v) is 5.55. The average Bonchev–Trinajstić information content (AvgIpc) is 2.55. The lowest BCUT2D eigenvalue weighted by molar-refractivity contribution is 0.414. The van der Waals surface area contributed by atoms with E-state index >= 15 is 0 Å². The van der Waals surface area contributed by atoms with Crippen molar-refractivity contribution in [1.82, 2.24) is 4.98 Å². The first-order chi connectivity index (χ1) is 10.8. The normalized spacial score (nSPS) is 11.0. The molecule has 0 spiro atoms. The van der Waals surface area contributed by atoms with E-state index in [0.717, 1.165) is 32.4 Å². The molecule has 0 amide bonds. The SMILES string of the molecule is COc1ccc(Br)cc1C=NNc1cccc2cccnc12. The number of aromatic nitrogens is 1. The van der Waals surface area contributed by atoms with E-state index in [1.165, 1.54) is 0 Å². The number of fused-ring (bicyclic) bond motifs is 1. The van der Waals surface area contributed by atoms with Gasteiger partial charge in [0.1, 0.15) is 5.75 Å². The molecule has 2 aromatic carbocycles. The molecule has 0 aliphatic rings. The van der Waals surface area contributed by atoms with Gasteiger partial charge in [-0.1, -0.05) is 34.1 Å². The van der Waals surface area contributed by atoms with Gasteiger partial charge in [0.15, 0.2) is 0 Å². The van der Waals surface area contributed by atoms with Crippen molar-refractivity contribution in [3.8, 4) is 5.75 Å². The smallest absolute Gasteiger partial charge is 0.127 e. The molecule has 4 nitrogen and oxygen atoms in total. The van der Waals surface area contributed by atoms with Gasteiger partial charge in [0.05, 0.1) is 24.5 Å². The van der Waals surface area contributed by atoms with E-state index in [-0.39, 0.29) is 0 Å². The third-order valence-corrected chi connectivity index (χ3v) is 3.71. The number of halogens is 1. The van der Waals surface area contributed by atoms with Crippen LogP contribution < -0.4 is 10.2 Å². The highest BCUT2D eigenvalue weighted by atomic mass is 79.9. The van der Waals surface area contributed by atoms with Crippen molar-refractivity contribution in [2.24, 2.45) is 5.10 Å². The summed E-state index contributed by atoms with van der Waals surface area (Å²) in [6.07, 6.45) is 3.50. The first-order valence-electron chi connectivity index (χ1n) is 6.74. The number of ether oxygens (including phenoxy) is 1. The zero-order valence-electron chi connectivity index (χ0n) is 12.0. The van der Waals surface area contributed by atoms with Crippen LogP contribution in [0.15, 0.2) is 64.3 Å². The minimum Gasteiger partial charge on any atom is -0.496 e. The number of nitrogens with zero attached hydrogens (tertiary/aromatic N) is 2. The molecule has 0 atom stereocenters. The van der Waals surface area contributed by atoms with Gasteiger partial charge in [-0.3, -0.25) is 10.4 Å². The Morgan fingerprint density at radius 3 is 2.91 bits per heavy atom. The van der Waals surface area contributed by atoms with Crippen molar-refractivity contribution in [2.45, 2.75) is 0 Å². The number of pyridine rings is 1.